The van der Waals surface area contributed by atoms with E-state index in [4.69, 9.17) is 9.47 Å². The Bertz CT molecular complexity index is 913. The molecule has 4 rings (SSSR count). The van der Waals surface area contributed by atoms with Crippen molar-refractivity contribution >= 4 is 11.2 Å². The Hall–Kier alpha value is -2.59. The molecule has 1 aromatic carbocycles. The summed E-state index contributed by atoms with van der Waals surface area (Å²) in [5.41, 5.74) is 2.46. The van der Waals surface area contributed by atoms with Crippen molar-refractivity contribution in [3.63, 3.8) is 0 Å². The van der Waals surface area contributed by atoms with Crippen molar-refractivity contribution in [3.05, 3.63) is 36.9 Å². The third kappa shape index (κ3) is 2.61. The van der Waals surface area contributed by atoms with E-state index in [9.17, 15) is 15.3 Å². The molecule has 1 saturated heterocycles. The zero-order chi connectivity index (χ0) is 18.3. The molecule has 3 aromatic rings. The SMILES string of the molecule is COc1ccc(-c2ncnc3c2ncn3C2O[C@H](CO)[C@@H](O)[C@H]2O)cc1. The Morgan fingerprint density at radius 2 is 1.88 bits per heavy atom. The number of imidazole rings is 1. The van der Waals surface area contributed by atoms with Crippen LogP contribution in [0, 0.1) is 0 Å². The number of methoxy groups -OCH3 is 1. The molecule has 1 fully saturated rings. The number of aliphatic hydroxyl groups excluding tert-OH is 3. The van der Waals surface area contributed by atoms with Crippen LogP contribution in [0.1, 0.15) is 6.23 Å². The lowest BCUT2D eigenvalue weighted by Crippen LogP contribution is -2.33. The van der Waals surface area contributed by atoms with E-state index in [1.165, 1.54) is 17.2 Å². The van der Waals surface area contributed by atoms with Gasteiger partial charge in [-0.15, -0.1) is 0 Å². The van der Waals surface area contributed by atoms with Gasteiger partial charge in [0.25, 0.3) is 0 Å². The molecule has 0 aliphatic carbocycles. The monoisotopic (exact) mass is 358 g/mol. The van der Waals surface area contributed by atoms with E-state index in [0.717, 1.165) is 11.3 Å². The molecule has 3 N–H and O–H groups in total. The van der Waals surface area contributed by atoms with E-state index < -0.39 is 31.1 Å². The van der Waals surface area contributed by atoms with Gasteiger partial charge < -0.3 is 24.8 Å². The first kappa shape index (κ1) is 16.9. The normalized spacial score (nSPS) is 25.7. The van der Waals surface area contributed by atoms with E-state index in [0.29, 0.717) is 16.9 Å². The summed E-state index contributed by atoms with van der Waals surface area (Å²) in [7, 11) is 1.60. The fraction of sp³-hybridized carbons (Fsp3) is 0.353. The molecule has 0 saturated carbocycles. The molecule has 26 heavy (non-hydrogen) atoms. The molecule has 0 amide bonds. The third-order valence-electron chi connectivity index (χ3n) is 4.51. The number of aliphatic hydroxyl groups is 3. The minimum Gasteiger partial charge on any atom is -0.497 e. The maximum absolute atomic E-state index is 10.2. The minimum absolute atomic E-state index is 0.395. The topological polar surface area (TPSA) is 123 Å². The number of nitrogens with zero attached hydrogens (tertiary/aromatic N) is 4. The van der Waals surface area contributed by atoms with Crippen molar-refractivity contribution < 1.29 is 24.8 Å². The average molecular weight is 358 g/mol. The van der Waals surface area contributed by atoms with Gasteiger partial charge in [0.15, 0.2) is 11.9 Å². The lowest BCUT2D eigenvalue weighted by atomic mass is 10.1. The molecule has 1 aliphatic rings. The quantitative estimate of drug-likeness (QED) is 0.601. The number of hydrogen-bond donors (Lipinski definition) is 3. The molecule has 136 valence electrons. The van der Waals surface area contributed by atoms with E-state index in [1.54, 1.807) is 7.11 Å². The Morgan fingerprint density at radius 3 is 2.54 bits per heavy atom. The first-order chi connectivity index (χ1) is 12.6. The van der Waals surface area contributed by atoms with Crippen molar-refractivity contribution in [2.75, 3.05) is 13.7 Å². The van der Waals surface area contributed by atoms with Gasteiger partial charge in [-0.25, -0.2) is 15.0 Å². The second-order valence-corrected chi connectivity index (χ2v) is 6.00. The zero-order valence-corrected chi connectivity index (χ0v) is 13.9. The number of benzene rings is 1. The van der Waals surface area contributed by atoms with Crippen molar-refractivity contribution in [1.82, 2.24) is 19.5 Å². The molecular weight excluding hydrogens is 340 g/mol. The summed E-state index contributed by atoms with van der Waals surface area (Å²) in [4.78, 5) is 12.9. The number of rotatable bonds is 4. The number of aromatic nitrogens is 4. The van der Waals surface area contributed by atoms with Gasteiger partial charge in [-0.3, -0.25) is 4.57 Å². The Labute approximate surface area is 148 Å². The van der Waals surface area contributed by atoms with Crippen molar-refractivity contribution in [1.29, 1.82) is 0 Å². The van der Waals surface area contributed by atoms with Crippen LogP contribution in [0.3, 0.4) is 0 Å². The molecule has 9 nitrogen and oxygen atoms in total. The highest BCUT2D eigenvalue weighted by Gasteiger charge is 2.44. The second kappa shape index (κ2) is 6.61. The van der Waals surface area contributed by atoms with Crippen LogP contribution in [0.5, 0.6) is 5.75 Å². The van der Waals surface area contributed by atoms with E-state index in [-0.39, 0.29) is 0 Å². The molecule has 4 atom stereocenters. The molecule has 1 unspecified atom stereocenters. The van der Waals surface area contributed by atoms with Crippen LogP contribution in [0.25, 0.3) is 22.4 Å². The predicted molar refractivity (Wildman–Crippen MR) is 90.3 cm³/mol. The number of ether oxygens (including phenoxy) is 2. The van der Waals surface area contributed by atoms with Gasteiger partial charge in [0, 0.05) is 5.56 Å². The maximum Gasteiger partial charge on any atom is 0.166 e. The highest BCUT2D eigenvalue weighted by Crippen LogP contribution is 2.33. The van der Waals surface area contributed by atoms with Gasteiger partial charge >= 0.3 is 0 Å². The molecule has 2 aromatic heterocycles. The van der Waals surface area contributed by atoms with Gasteiger partial charge in [-0.05, 0) is 24.3 Å². The van der Waals surface area contributed by atoms with Crippen LogP contribution >= 0.6 is 0 Å². The van der Waals surface area contributed by atoms with Crippen LogP contribution in [-0.2, 0) is 4.74 Å². The number of hydrogen-bond acceptors (Lipinski definition) is 8. The summed E-state index contributed by atoms with van der Waals surface area (Å²) < 4.78 is 12.3. The highest BCUT2D eigenvalue weighted by atomic mass is 16.6. The van der Waals surface area contributed by atoms with Crippen molar-refractivity contribution in [2.24, 2.45) is 0 Å². The van der Waals surface area contributed by atoms with E-state index in [2.05, 4.69) is 15.0 Å². The first-order valence-corrected chi connectivity index (χ1v) is 8.08. The Kier molecular flexibility index (Phi) is 4.29. The fourth-order valence-electron chi connectivity index (χ4n) is 3.11. The van der Waals surface area contributed by atoms with Crippen molar-refractivity contribution in [3.8, 4) is 17.0 Å². The van der Waals surface area contributed by atoms with Gasteiger partial charge in [-0.2, -0.15) is 0 Å². The predicted octanol–water partition coefficient (Wildman–Crippen LogP) is 0.113. The lowest BCUT2D eigenvalue weighted by Gasteiger charge is -2.16. The lowest BCUT2D eigenvalue weighted by molar-refractivity contribution is -0.0511. The minimum atomic E-state index is -1.20. The fourth-order valence-corrected chi connectivity index (χ4v) is 3.11. The maximum atomic E-state index is 10.2. The summed E-state index contributed by atoms with van der Waals surface area (Å²) in [6.07, 6.45) is -1.27. The van der Waals surface area contributed by atoms with E-state index in [1.807, 2.05) is 24.3 Å². The van der Waals surface area contributed by atoms with Crippen LogP contribution in [0.2, 0.25) is 0 Å². The van der Waals surface area contributed by atoms with Crippen LogP contribution in [0.4, 0.5) is 0 Å². The molecular formula is C17H18N4O5. The molecule has 3 heterocycles. The molecule has 9 heteroatoms. The van der Waals surface area contributed by atoms with Crippen LogP contribution < -0.4 is 4.74 Å². The third-order valence-corrected chi connectivity index (χ3v) is 4.51. The van der Waals surface area contributed by atoms with Crippen molar-refractivity contribution in [2.45, 2.75) is 24.5 Å². The first-order valence-electron chi connectivity index (χ1n) is 8.08. The van der Waals surface area contributed by atoms with Crippen LogP contribution in [-0.4, -0.2) is 66.9 Å². The standard InChI is InChI=1S/C17H18N4O5/c1-25-10-4-2-9(3-5-10)12-13-16(19-7-18-12)21(8-20-13)17-15(24)14(23)11(6-22)26-17/h2-5,7-8,11,14-15,17,22-24H,6H2,1H3/t11-,14-,15-,17?/m1/s1. The zero-order valence-electron chi connectivity index (χ0n) is 13.9. The summed E-state index contributed by atoms with van der Waals surface area (Å²) in [6.45, 7) is -0.395. The highest BCUT2D eigenvalue weighted by molar-refractivity contribution is 5.87. The summed E-state index contributed by atoms with van der Waals surface area (Å²) in [6, 6.07) is 7.39. The summed E-state index contributed by atoms with van der Waals surface area (Å²) >= 11 is 0. The van der Waals surface area contributed by atoms with Crippen LogP contribution in [0.15, 0.2) is 36.9 Å². The Balaban J connectivity index is 1.76. The molecule has 0 bridgehead atoms. The smallest absolute Gasteiger partial charge is 0.166 e. The molecule has 0 spiro atoms. The molecule has 0 radical (unpaired) electrons. The Morgan fingerprint density at radius 1 is 1.12 bits per heavy atom. The second-order valence-electron chi connectivity index (χ2n) is 6.00. The van der Waals surface area contributed by atoms with Gasteiger partial charge in [-0.1, -0.05) is 0 Å². The number of fused-ring (bicyclic) bond motifs is 1. The summed E-state index contributed by atoms with van der Waals surface area (Å²) in [5, 5.41) is 29.5. The van der Waals surface area contributed by atoms with Gasteiger partial charge in [0.05, 0.1) is 20.0 Å². The summed E-state index contributed by atoms with van der Waals surface area (Å²) in [5.74, 6) is 0.732. The van der Waals surface area contributed by atoms with E-state index >= 15 is 0 Å². The van der Waals surface area contributed by atoms with Gasteiger partial charge in [0.2, 0.25) is 0 Å². The average Bonchev–Trinajstić information content (AvgIpc) is 3.23. The molecule has 1 aliphatic heterocycles. The largest absolute Gasteiger partial charge is 0.497 e. The van der Waals surface area contributed by atoms with Gasteiger partial charge in [0.1, 0.15) is 41.6 Å².